The van der Waals surface area contributed by atoms with Gasteiger partial charge in [-0.3, -0.25) is 0 Å². The summed E-state index contributed by atoms with van der Waals surface area (Å²) in [5.74, 6) is 1.12. The highest BCUT2D eigenvalue weighted by Crippen LogP contribution is 2.40. The van der Waals surface area contributed by atoms with E-state index in [4.69, 9.17) is 4.74 Å². The van der Waals surface area contributed by atoms with E-state index in [0.29, 0.717) is 0 Å². The predicted molar refractivity (Wildman–Crippen MR) is 81.8 cm³/mol. The van der Waals surface area contributed by atoms with Crippen LogP contribution in [-0.2, 0) is 11.3 Å². The summed E-state index contributed by atoms with van der Waals surface area (Å²) in [6, 6.07) is 0.176. The van der Waals surface area contributed by atoms with Crippen LogP contribution < -0.4 is 5.32 Å². The molecule has 1 aromatic rings. The monoisotopic (exact) mass is 279 g/mol. The smallest absolute Gasteiger partial charge is 0.128 e. The van der Waals surface area contributed by atoms with Gasteiger partial charge in [-0.05, 0) is 33.7 Å². The summed E-state index contributed by atoms with van der Waals surface area (Å²) in [5.41, 5.74) is -0.0989. The quantitative estimate of drug-likeness (QED) is 0.812. The first-order valence-corrected chi connectivity index (χ1v) is 8.09. The largest absolute Gasteiger partial charge is 0.373 e. The lowest BCUT2D eigenvalue weighted by atomic mass is 9.85. The van der Waals surface area contributed by atoms with Crippen molar-refractivity contribution in [3.8, 4) is 0 Å². The fraction of sp³-hybridized carbons (Fsp3) is 0.812. The molecular formula is C16H29N3O. The number of aryl methyl sites for hydroxylation is 1. The molecule has 1 saturated carbocycles. The fourth-order valence-corrected chi connectivity index (χ4v) is 3.61. The van der Waals surface area contributed by atoms with Gasteiger partial charge >= 0.3 is 0 Å². The summed E-state index contributed by atoms with van der Waals surface area (Å²) in [6.45, 7) is 5.99. The average Bonchev–Trinajstić information content (AvgIpc) is 2.79. The first-order valence-electron chi connectivity index (χ1n) is 8.09. The topological polar surface area (TPSA) is 39.1 Å². The van der Waals surface area contributed by atoms with Crippen molar-refractivity contribution < 1.29 is 4.74 Å². The lowest BCUT2D eigenvalue weighted by molar-refractivity contribution is -0.0791. The first kappa shape index (κ1) is 15.5. The number of hydrogen-bond donors (Lipinski definition) is 1. The molecule has 0 radical (unpaired) electrons. The lowest BCUT2D eigenvalue weighted by Crippen LogP contribution is -2.46. The Morgan fingerprint density at radius 2 is 2.00 bits per heavy atom. The minimum atomic E-state index is -0.0989. The van der Waals surface area contributed by atoms with Crippen LogP contribution in [0.4, 0.5) is 0 Å². The second-order valence-electron chi connectivity index (χ2n) is 5.71. The van der Waals surface area contributed by atoms with E-state index >= 15 is 0 Å². The number of imidazole rings is 1. The highest BCUT2D eigenvalue weighted by atomic mass is 16.5. The molecule has 1 atom stereocenters. The van der Waals surface area contributed by atoms with E-state index in [1.807, 2.05) is 13.2 Å². The molecule has 1 heterocycles. The summed E-state index contributed by atoms with van der Waals surface area (Å²) in [7, 11) is 2.03. The van der Waals surface area contributed by atoms with Crippen LogP contribution >= 0.6 is 0 Å². The maximum absolute atomic E-state index is 6.31. The van der Waals surface area contributed by atoms with Crippen LogP contribution in [0.2, 0.25) is 0 Å². The maximum atomic E-state index is 6.31. The van der Waals surface area contributed by atoms with E-state index in [9.17, 15) is 0 Å². The van der Waals surface area contributed by atoms with E-state index in [-0.39, 0.29) is 11.6 Å². The molecule has 1 unspecified atom stereocenters. The third-order valence-electron chi connectivity index (χ3n) is 4.54. The molecule has 4 heteroatoms. The van der Waals surface area contributed by atoms with Gasteiger partial charge < -0.3 is 14.6 Å². The number of nitrogens with zero attached hydrogens (tertiary/aromatic N) is 2. The Balaban J connectivity index is 2.33. The van der Waals surface area contributed by atoms with Crippen molar-refractivity contribution >= 4 is 0 Å². The van der Waals surface area contributed by atoms with Gasteiger partial charge in [0.1, 0.15) is 5.82 Å². The molecule has 0 bridgehead atoms. The van der Waals surface area contributed by atoms with Crippen LogP contribution in [0.25, 0.3) is 0 Å². The zero-order valence-corrected chi connectivity index (χ0v) is 13.2. The minimum Gasteiger partial charge on any atom is -0.373 e. The highest BCUT2D eigenvalue weighted by molar-refractivity contribution is 5.08. The van der Waals surface area contributed by atoms with Crippen LogP contribution in [0.3, 0.4) is 0 Å². The van der Waals surface area contributed by atoms with Crippen LogP contribution in [-0.4, -0.2) is 28.8 Å². The van der Waals surface area contributed by atoms with E-state index in [0.717, 1.165) is 31.8 Å². The van der Waals surface area contributed by atoms with Gasteiger partial charge in [0.2, 0.25) is 0 Å². The summed E-state index contributed by atoms with van der Waals surface area (Å²) < 4.78 is 8.54. The van der Waals surface area contributed by atoms with Gasteiger partial charge in [0.25, 0.3) is 0 Å². The highest BCUT2D eigenvalue weighted by Gasteiger charge is 2.41. The Bertz CT molecular complexity index is 394. The van der Waals surface area contributed by atoms with E-state index < -0.39 is 0 Å². The molecule has 114 valence electrons. The number of hydrogen-bond acceptors (Lipinski definition) is 3. The zero-order valence-electron chi connectivity index (χ0n) is 13.2. The third-order valence-corrected chi connectivity index (χ3v) is 4.54. The molecule has 0 aliphatic heterocycles. The SMILES string of the molecule is CCOC1(C(NC)c2nccn2CC)CCCCCC1. The molecule has 0 saturated heterocycles. The summed E-state index contributed by atoms with van der Waals surface area (Å²) in [6.07, 6.45) is 11.4. The van der Waals surface area contributed by atoms with Crippen molar-refractivity contribution in [3.05, 3.63) is 18.2 Å². The number of likely N-dealkylation sites (N-methyl/N-ethyl adjacent to an activating group) is 1. The van der Waals surface area contributed by atoms with Crippen molar-refractivity contribution in [3.63, 3.8) is 0 Å². The third kappa shape index (κ3) is 3.07. The van der Waals surface area contributed by atoms with Gasteiger partial charge in [-0.1, -0.05) is 25.7 Å². The molecule has 0 amide bonds. The Labute approximate surface area is 122 Å². The van der Waals surface area contributed by atoms with Gasteiger partial charge in [-0.15, -0.1) is 0 Å². The second-order valence-corrected chi connectivity index (χ2v) is 5.71. The van der Waals surface area contributed by atoms with Gasteiger partial charge in [0.05, 0.1) is 11.6 Å². The van der Waals surface area contributed by atoms with E-state index in [1.54, 1.807) is 0 Å². The molecule has 20 heavy (non-hydrogen) atoms. The summed E-state index contributed by atoms with van der Waals surface area (Å²) >= 11 is 0. The Morgan fingerprint density at radius 1 is 1.30 bits per heavy atom. The van der Waals surface area contributed by atoms with E-state index in [1.165, 1.54) is 25.7 Å². The fourth-order valence-electron chi connectivity index (χ4n) is 3.61. The number of aromatic nitrogens is 2. The molecule has 1 fully saturated rings. The second kappa shape index (κ2) is 7.23. The molecule has 1 aromatic heterocycles. The Kier molecular flexibility index (Phi) is 5.61. The van der Waals surface area contributed by atoms with Gasteiger partial charge in [-0.25, -0.2) is 4.98 Å². The minimum absolute atomic E-state index is 0.0989. The van der Waals surface area contributed by atoms with Crippen molar-refractivity contribution in [1.82, 2.24) is 14.9 Å². The van der Waals surface area contributed by atoms with Crippen LogP contribution in [0.5, 0.6) is 0 Å². The molecular weight excluding hydrogens is 250 g/mol. The number of ether oxygens (including phenoxy) is 1. The summed E-state index contributed by atoms with van der Waals surface area (Å²) in [5, 5.41) is 3.49. The molecule has 2 rings (SSSR count). The van der Waals surface area contributed by atoms with Crippen LogP contribution in [0, 0.1) is 0 Å². The van der Waals surface area contributed by atoms with Crippen molar-refractivity contribution in [2.45, 2.75) is 70.6 Å². The van der Waals surface area contributed by atoms with Gasteiger partial charge in [0, 0.05) is 25.5 Å². The maximum Gasteiger partial charge on any atom is 0.128 e. The Morgan fingerprint density at radius 3 is 2.55 bits per heavy atom. The molecule has 0 spiro atoms. The molecule has 1 N–H and O–H groups in total. The Hall–Kier alpha value is -0.870. The van der Waals surface area contributed by atoms with E-state index in [2.05, 4.69) is 34.9 Å². The van der Waals surface area contributed by atoms with Crippen LogP contribution in [0.1, 0.15) is 64.2 Å². The predicted octanol–water partition coefficient (Wildman–Crippen LogP) is 3.29. The van der Waals surface area contributed by atoms with Gasteiger partial charge in [-0.2, -0.15) is 0 Å². The molecule has 1 aliphatic carbocycles. The first-order chi connectivity index (χ1) is 9.77. The normalized spacial score (nSPS) is 20.6. The number of rotatable bonds is 6. The molecule has 4 nitrogen and oxygen atoms in total. The lowest BCUT2D eigenvalue weighted by Gasteiger charge is -2.39. The number of nitrogens with one attached hydrogen (secondary N) is 1. The average molecular weight is 279 g/mol. The van der Waals surface area contributed by atoms with Crippen molar-refractivity contribution in [2.24, 2.45) is 0 Å². The molecule has 1 aliphatic rings. The van der Waals surface area contributed by atoms with Crippen molar-refractivity contribution in [2.75, 3.05) is 13.7 Å². The zero-order chi connectivity index (χ0) is 14.4. The standard InChI is InChI=1S/C16H29N3O/c1-4-19-13-12-18-15(19)14(17-3)16(20-5-2)10-8-6-7-9-11-16/h12-14,17H,4-11H2,1-3H3. The van der Waals surface area contributed by atoms with Gasteiger partial charge in [0.15, 0.2) is 0 Å². The summed E-state index contributed by atoms with van der Waals surface area (Å²) in [4.78, 5) is 4.61. The molecule has 0 aromatic carbocycles. The van der Waals surface area contributed by atoms with Crippen LogP contribution in [0.15, 0.2) is 12.4 Å². The van der Waals surface area contributed by atoms with Crippen molar-refractivity contribution in [1.29, 1.82) is 0 Å².